The molecule has 2 aromatic carbocycles. The van der Waals surface area contributed by atoms with Crippen LogP contribution in [-0.4, -0.2) is 11.7 Å². The highest BCUT2D eigenvalue weighted by atomic mass is 16.5. The quantitative estimate of drug-likeness (QED) is 0.829. The van der Waals surface area contributed by atoms with E-state index in [0.717, 1.165) is 19.4 Å². The first-order valence-electron chi connectivity index (χ1n) is 7.59. The molecule has 0 aromatic heterocycles. The van der Waals surface area contributed by atoms with Crippen LogP contribution in [0.1, 0.15) is 36.1 Å². The number of rotatable bonds is 1. The van der Waals surface area contributed by atoms with E-state index in [1.165, 1.54) is 16.8 Å². The van der Waals surface area contributed by atoms with Gasteiger partial charge < -0.3 is 15.2 Å². The Labute approximate surface area is 124 Å². The van der Waals surface area contributed by atoms with Crippen molar-refractivity contribution in [2.24, 2.45) is 5.92 Å². The zero-order valence-corrected chi connectivity index (χ0v) is 11.8. The molecule has 2 aliphatic heterocycles. The van der Waals surface area contributed by atoms with Gasteiger partial charge in [0.25, 0.3) is 0 Å². The highest BCUT2D eigenvalue weighted by molar-refractivity contribution is 5.57. The van der Waals surface area contributed by atoms with Crippen molar-refractivity contribution >= 4 is 5.69 Å². The van der Waals surface area contributed by atoms with E-state index in [1.54, 1.807) is 12.1 Å². The summed E-state index contributed by atoms with van der Waals surface area (Å²) < 4.78 is 6.09. The van der Waals surface area contributed by atoms with Gasteiger partial charge in [-0.1, -0.05) is 30.3 Å². The first kappa shape index (κ1) is 12.7. The highest BCUT2D eigenvalue weighted by Gasteiger charge is 2.39. The number of hydrogen-bond donors (Lipinski definition) is 2. The fourth-order valence-electron chi connectivity index (χ4n) is 3.63. The lowest BCUT2D eigenvalue weighted by Gasteiger charge is -2.43. The minimum absolute atomic E-state index is 0.176. The average Bonchev–Trinajstić information content (AvgIpc) is 2.55. The maximum atomic E-state index is 9.50. The number of para-hydroxylation sites is 1. The molecule has 0 aliphatic carbocycles. The van der Waals surface area contributed by atoms with Crippen LogP contribution in [0.4, 0.5) is 5.69 Å². The number of aromatic hydroxyl groups is 1. The van der Waals surface area contributed by atoms with E-state index in [-0.39, 0.29) is 12.1 Å². The summed E-state index contributed by atoms with van der Waals surface area (Å²) in [6, 6.07) is 16.2. The third-order valence-electron chi connectivity index (χ3n) is 4.63. The summed E-state index contributed by atoms with van der Waals surface area (Å²) in [7, 11) is 0. The molecule has 108 valence electrons. The van der Waals surface area contributed by atoms with Crippen molar-refractivity contribution in [1.29, 1.82) is 0 Å². The number of nitrogens with one attached hydrogen (secondary N) is 1. The first-order chi connectivity index (χ1) is 10.3. The molecule has 0 amide bonds. The predicted molar refractivity (Wildman–Crippen MR) is 82.3 cm³/mol. The Hall–Kier alpha value is -2.00. The molecule has 4 rings (SSSR count). The van der Waals surface area contributed by atoms with Gasteiger partial charge >= 0.3 is 0 Å². The molecule has 0 unspecified atom stereocenters. The minimum Gasteiger partial charge on any atom is -0.508 e. The molecule has 2 aromatic rings. The average molecular weight is 281 g/mol. The van der Waals surface area contributed by atoms with Crippen LogP contribution in [0.25, 0.3) is 0 Å². The Morgan fingerprint density at radius 2 is 1.86 bits per heavy atom. The molecule has 3 heteroatoms. The van der Waals surface area contributed by atoms with Crippen LogP contribution in [0.5, 0.6) is 5.75 Å². The van der Waals surface area contributed by atoms with Gasteiger partial charge in [0.2, 0.25) is 0 Å². The van der Waals surface area contributed by atoms with Crippen molar-refractivity contribution in [1.82, 2.24) is 0 Å². The molecular weight excluding hydrogens is 262 g/mol. The lowest BCUT2D eigenvalue weighted by molar-refractivity contribution is -0.0381. The summed E-state index contributed by atoms with van der Waals surface area (Å²) in [6.07, 6.45) is 2.45. The zero-order chi connectivity index (χ0) is 14.2. The molecule has 2 aliphatic rings. The highest BCUT2D eigenvalue weighted by Crippen LogP contribution is 2.48. The molecule has 1 fully saturated rings. The number of benzene rings is 2. The molecule has 0 bridgehead atoms. The Kier molecular flexibility index (Phi) is 3.08. The van der Waals surface area contributed by atoms with E-state index in [4.69, 9.17) is 4.74 Å². The standard InChI is InChI=1S/C18H19NO2/c20-13-9-7-12(8-10-13)17-15-5-3-11-21-18(15)14-4-1-2-6-16(14)19-17/h1-2,4,6-10,15,17-20H,3,5,11H2/t15-,17-,18+/m0/s1. The number of ether oxygens (including phenoxy) is 1. The minimum atomic E-state index is 0.176. The number of hydrogen-bond acceptors (Lipinski definition) is 3. The molecule has 0 saturated carbocycles. The van der Waals surface area contributed by atoms with Crippen molar-refractivity contribution in [3.8, 4) is 5.75 Å². The van der Waals surface area contributed by atoms with Crippen molar-refractivity contribution in [3.63, 3.8) is 0 Å². The molecular formula is C18H19NO2. The molecule has 3 atom stereocenters. The van der Waals surface area contributed by atoms with Crippen LogP contribution in [0.3, 0.4) is 0 Å². The van der Waals surface area contributed by atoms with E-state index in [9.17, 15) is 5.11 Å². The van der Waals surface area contributed by atoms with Crippen LogP contribution in [0.15, 0.2) is 48.5 Å². The van der Waals surface area contributed by atoms with Crippen molar-refractivity contribution in [2.45, 2.75) is 25.0 Å². The topological polar surface area (TPSA) is 41.5 Å². The van der Waals surface area contributed by atoms with Gasteiger partial charge in [-0.3, -0.25) is 0 Å². The summed E-state index contributed by atoms with van der Waals surface area (Å²) >= 11 is 0. The normalized spacial score (nSPS) is 27.3. The molecule has 0 radical (unpaired) electrons. The second-order valence-corrected chi connectivity index (χ2v) is 5.90. The van der Waals surface area contributed by atoms with E-state index in [0.29, 0.717) is 11.7 Å². The number of anilines is 1. The number of phenolic OH excluding ortho intramolecular Hbond substituents is 1. The molecule has 3 nitrogen and oxygen atoms in total. The van der Waals surface area contributed by atoms with Crippen LogP contribution in [0, 0.1) is 5.92 Å². The monoisotopic (exact) mass is 281 g/mol. The third kappa shape index (κ3) is 2.18. The predicted octanol–water partition coefficient (Wildman–Crippen LogP) is 4.03. The van der Waals surface area contributed by atoms with Gasteiger partial charge in [0.1, 0.15) is 5.75 Å². The molecule has 0 spiro atoms. The maximum Gasteiger partial charge on any atom is 0.115 e. The van der Waals surface area contributed by atoms with Gasteiger partial charge in [-0.15, -0.1) is 0 Å². The van der Waals surface area contributed by atoms with Gasteiger partial charge in [0, 0.05) is 23.8 Å². The zero-order valence-electron chi connectivity index (χ0n) is 11.8. The summed E-state index contributed by atoms with van der Waals surface area (Å²) in [5.74, 6) is 0.754. The van der Waals surface area contributed by atoms with Gasteiger partial charge in [0.15, 0.2) is 0 Å². The van der Waals surface area contributed by atoms with Crippen molar-refractivity contribution < 1.29 is 9.84 Å². The van der Waals surface area contributed by atoms with Crippen molar-refractivity contribution in [3.05, 3.63) is 59.7 Å². The summed E-state index contributed by atoms with van der Waals surface area (Å²) in [5, 5.41) is 13.2. The fraction of sp³-hybridized carbons (Fsp3) is 0.333. The Morgan fingerprint density at radius 3 is 2.71 bits per heavy atom. The largest absolute Gasteiger partial charge is 0.508 e. The van der Waals surface area contributed by atoms with Gasteiger partial charge in [0.05, 0.1) is 12.1 Å². The van der Waals surface area contributed by atoms with Gasteiger partial charge in [-0.05, 0) is 36.6 Å². The molecule has 2 heterocycles. The van der Waals surface area contributed by atoms with E-state index < -0.39 is 0 Å². The number of phenols is 1. The summed E-state index contributed by atoms with van der Waals surface area (Å²) in [6.45, 7) is 0.845. The second kappa shape index (κ2) is 5.08. The maximum absolute atomic E-state index is 9.50. The Balaban J connectivity index is 1.76. The van der Waals surface area contributed by atoms with Crippen LogP contribution >= 0.6 is 0 Å². The molecule has 21 heavy (non-hydrogen) atoms. The summed E-state index contributed by atoms with van der Waals surface area (Å²) in [4.78, 5) is 0. The lowest BCUT2D eigenvalue weighted by atomic mass is 9.77. The Morgan fingerprint density at radius 1 is 1.05 bits per heavy atom. The van der Waals surface area contributed by atoms with E-state index >= 15 is 0 Å². The van der Waals surface area contributed by atoms with E-state index in [2.05, 4.69) is 29.6 Å². The molecule has 1 saturated heterocycles. The van der Waals surface area contributed by atoms with E-state index in [1.807, 2.05) is 12.1 Å². The smallest absolute Gasteiger partial charge is 0.115 e. The van der Waals surface area contributed by atoms with Crippen LogP contribution < -0.4 is 5.32 Å². The fourth-order valence-corrected chi connectivity index (χ4v) is 3.63. The Bertz CT molecular complexity index is 638. The number of fused-ring (bicyclic) bond motifs is 3. The summed E-state index contributed by atoms with van der Waals surface area (Å²) in [5.41, 5.74) is 3.65. The van der Waals surface area contributed by atoms with Crippen LogP contribution in [-0.2, 0) is 4.74 Å². The molecule has 2 N–H and O–H groups in total. The third-order valence-corrected chi connectivity index (χ3v) is 4.63. The SMILES string of the molecule is Oc1ccc([C@@H]2Nc3ccccc3[C@H]3OCCC[C@H]32)cc1. The van der Waals surface area contributed by atoms with Gasteiger partial charge in [-0.25, -0.2) is 0 Å². The van der Waals surface area contributed by atoms with Crippen LogP contribution in [0.2, 0.25) is 0 Å². The van der Waals surface area contributed by atoms with Gasteiger partial charge in [-0.2, -0.15) is 0 Å². The lowest BCUT2D eigenvalue weighted by Crippen LogP contribution is -2.35. The first-order valence-corrected chi connectivity index (χ1v) is 7.59. The van der Waals surface area contributed by atoms with Crippen molar-refractivity contribution in [2.75, 3.05) is 11.9 Å². The second-order valence-electron chi connectivity index (χ2n) is 5.90.